The lowest BCUT2D eigenvalue weighted by Crippen LogP contribution is -2.21. The van der Waals surface area contributed by atoms with E-state index in [1.807, 2.05) is 6.92 Å². The fraction of sp³-hybridized carbons (Fsp3) is 0.364. The molecule has 0 bridgehead atoms. The van der Waals surface area contributed by atoms with Crippen molar-refractivity contribution in [3.8, 4) is 0 Å². The third-order valence-corrected chi connectivity index (χ3v) is 3.52. The summed E-state index contributed by atoms with van der Waals surface area (Å²) < 4.78 is 25.9. The van der Waals surface area contributed by atoms with Crippen molar-refractivity contribution in [1.29, 1.82) is 0 Å². The van der Waals surface area contributed by atoms with Crippen molar-refractivity contribution in [2.75, 3.05) is 5.75 Å². The molecule has 1 aromatic carbocycles. The van der Waals surface area contributed by atoms with Crippen LogP contribution in [0.15, 0.2) is 17.3 Å². The van der Waals surface area contributed by atoms with E-state index in [9.17, 15) is 8.78 Å². The van der Waals surface area contributed by atoms with Gasteiger partial charge in [-0.1, -0.05) is 18.7 Å². The molecule has 0 radical (unpaired) electrons. The fourth-order valence-corrected chi connectivity index (χ4v) is 2.31. The van der Waals surface area contributed by atoms with Crippen LogP contribution in [0.1, 0.15) is 13.3 Å². The zero-order valence-corrected chi connectivity index (χ0v) is 10.2. The summed E-state index contributed by atoms with van der Waals surface area (Å²) in [5.41, 5.74) is 6.70. The summed E-state index contributed by atoms with van der Waals surface area (Å²) in [5.74, 6) is -1.03. The molecule has 0 fully saturated rings. The Bertz CT molecular complexity index is 488. The minimum Gasteiger partial charge on any atom is -0.333 e. The van der Waals surface area contributed by atoms with Gasteiger partial charge in [0.05, 0.1) is 11.0 Å². The van der Waals surface area contributed by atoms with Gasteiger partial charge in [-0.2, -0.15) is 0 Å². The second-order valence-corrected chi connectivity index (χ2v) is 4.81. The molecule has 3 nitrogen and oxygen atoms in total. The number of hydrogen-bond acceptors (Lipinski definition) is 3. The molecular formula is C11H13F2N3S. The second kappa shape index (κ2) is 5.01. The van der Waals surface area contributed by atoms with Crippen molar-refractivity contribution in [1.82, 2.24) is 9.97 Å². The number of thioether (sulfide) groups is 1. The van der Waals surface area contributed by atoms with E-state index in [2.05, 4.69) is 9.97 Å². The number of aromatic nitrogens is 2. The standard InChI is InChI=1S/C11H13F2N3S/c1-2-6(14)5-17-11-15-9-3-7(12)8(13)4-10(9)16-11/h3-4,6H,2,5,14H2,1H3,(H,15,16). The van der Waals surface area contributed by atoms with Gasteiger partial charge in [-0.25, -0.2) is 13.8 Å². The van der Waals surface area contributed by atoms with Crippen LogP contribution in [0.2, 0.25) is 0 Å². The van der Waals surface area contributed by atoms with Crippen molar-refractivity contribution < 1.29 is 8.78 Å². The Balaban J connectivity index is 2.20. The van der Waals surface area contributed by atoms with E-state index in [1.54, 1.807) is 0 Å². The Hall–Kier alpha value is -1.14. The lowest BCUT2D eigenvalue weighted by atomic mass is 10.3. The van der Waals surface area contributed by atoms with Crippen molar-refractivity contribution in [3.05, 3.63) is 23.8 Å². The average molecular weight is 257 g/mol. The zero-order valence-electron chi connectivity index (χ0n) is 9.34. The first-order valence-electron chi connectivity index (χ1n) is 5.33. The molecule has 0 spiro atoms. The van der Waals surface area contributed by atoms with Gasteiger partial charge < -0.3 is 10.7 Å². The fourth-order valence-electron chi connectivity index (χ4n) is 1.35. The summed E-state index contributed by atoms with van der Waals surface area (Å²) in [4.78, 5) is 7.10. The van der Waals surface area contributed by atoms with Gasteiger partial charge in [0.25, 0.3) is 0 Å². The number of halogens is 2. The number of aromatic amines is 1. The van der Waals surface area contributed by atoms with E-state index >= 15 is 0 Å². The molecule has 1 unspecified atom stereocenters. The van der Waals surface area contributed by atoms with Gasteiger partial charge >= 0.3 is 0 Å². The highest BCUT2D eigenvalue weighted by Gasteiger charge is 2.09. The van der Waals surface area contributed by atoms with Crippen LogP contribution in [0.3, 0.4) is 0 Å². The quantitative estimate of drug-likeness (QED) is 0.828. The monoisotopic (exact) mass is 257 g/mol. The summed E-state index contributed by atoms with van der Waals surface area (Å²) in [6.45, 7) is 2.01. The molecule has 0 aliphatic carbocycles. The Morgan fingerprint density at radius 1 is 1.41 bits per heavy atom. The Kier molecular flexibility index (Phi) is 3.63. The van der Waals surface area contributed by atoms with E-state index in [1.165, 1.54) is 11.8 Å². The number of H-pyrrole nitrogens is 1. The van der Waals surface area contributed by atoms with Gasteiger partial charge in [-0.3, -0.25) is 0 Å². The number of nitrogens with zero attached hydrogens (tertiary/aromatic N) is 1. The number of rotatable bonds is 4. The molecule has 2 aromatic rings. The minimum atomic E-state index is -0.884. The summed E-state index contributed by atoms with van der Waals surface area (Å²) >= 11 is 1.45. The molecule has 92 valence electrons. The molecule has 1 atom stereocenters. The lowest BCUT2D eigenvalue weighted by Gasteiger charge is -2.04. The van der Waals surface area contributed by atoms with Gasteiger partial charge in [0, 0.05) is 23.9 Å². The van der Waals surface area contributed by atoms with Crippen LogP contribution >= 0.6 is 11.8 Å². The number of nitrogens with one attached hydrogen (secondary N) is 1. The highest BCUT2D eigenvalue weighted by atomic mass is 32.2. The molecule has 17 heavy (non-hydrogen) atoms. The molecule has 6 heteroatoms. The largest absolute Gasteiger partial charge is 0.333 e. The molecule has 2 rings (SSSR count). The Labute approximate surface area is 102 Å². The summed E-state index contributed by atoms with van der Waals surface area (Å²) in [6.07, 6.45) is 0.885. The van der Waals surface area contributed by atoms with Gasteiger partial charge in [-0.05, 0) is 6.42 Å². The average Bonchev–Trinajstić information content (AvgIpc) is 2.68. The molecule has 0 aliphatic heterocycles. The smallest absolute Gasteiger partial charge is 0.166 e. The molecule has 1 heterocycles. The highest BCUT2D eigenvalue weighted by molar-refractivity contribution is 7.99. The predicted octanol–water partition coefficient (Wildman–Crippen LogP) is 2.67. The van der Waals surface area contributed by atoms with E-state index in [-0.39, 0.29) is 6.04 Å². The summed E-state index contributed by atoms with van der Waals surface area (Å²) in [5, 5.41) is 0.633. The van der Waals surface area contributed by atoms with E-state index in [4.69, 9.17) is 5.73 Å². The van der Waals surface area contributed by atoms with Gasteiger partial charge in [0.15, 0.2) is 16.8 Å². The van der Waals surface area contributed by atoms with Crippen molar-refractivity contribution in [3.63, 3.8) is 0 Å². The summed E-state index contributed by atoms with van der Waals surface area (Å²) in [7, 11) is 0. The minimum absolute atomic E-state index is 0.0988. The van der Waals surface area contributed by atoms with E-state index in [0.29, 0.717) is 16.2 Å². The highest BCUT2D eigenvalue weighted by Crippen LogP contribution is 2.22. The molecule has 1 aromatic heterocycles. The van der Waals surface area contributed by atoms with E-state index in [0.717, 1.165) is 24.3 Å². The number of hydrogen-bond donors (Lipinski definition) is 2. The van der Waals surface area contributed by atoms with Crippen LogP contribution in [0.25, 0.3) is 11.0 Å². The maximum absolute atomic E-state index is 13.0. The van der Waals surface area contributed by atoms with Crippen molar-refractivity contribution >= 4 is 22.8 Å². The van der Waals surface area contributed by atoms with Crippen LogP contribution in [-0.4, -0.2) is 21.8 Å². The number of fused-ring (bicyclic) bond motifs is 1. The number of imidazole rings is 1. The van der Waals surface area contributed by atoms with Crippen LogP contribution < -0.4 is 5.73 Å². The SMILES string of the molecule is CCC(N)CSc1nc2cc(F)c(F)cc2[nH]1. The van der Waals surface area contributed by atoms with Gasteiger partial charge in [0.1, 0.15) is 0 Å². The van der Waals surface area contributed by atoms with Gasteiger partial charge in [0.2, 0.25) is 0 Å². The molecule has 3 N–H and O–H groups in total. The van der Waals surface area contributed by atoms with Crippen LogP contribution in [0.5, 0.6) is 0 Å². The molecular weight excluding hydrogens is 244 g/mol. The maximum atomic E-state index is 13.0. The predicted molar refractivity (Wildman–Crippen MR) is 65.0 cm³/mol. The van der Waals surface area contributed by atoms with Crippen LogP contribution in [0.4, 0.5) is 8.78 Å². The zero-order chi connectivity index (χ0) is 12.4. The topological polar surface area (TPSA) is 54.7 Å². The third kappa shape index (κ3) is 2.76. The Morgan fingerprint density at radius 3 is 2.82 bits per heavy atom. The lowest BCUT2D eigenvalue weighted by molar-refractivity contribution is 0.510. The maximum Gasteiger partial charge on any atom is 0.166 e. The van der Waals surface area contributed by atoms with Crippen LogP contribution in [0, 0.1) is 11.6 Å². The summed E-state index contributed by atoms with van der Waals surface area (Å²) in [6, 6.07) is 2.30. The first-order chi connectivity index (χ1) is 8.10. The van der Waals surface area contributed by atoms with Crippen molar-refractivity contribution in [2.24, 2.45) is 5.73 Å². The molecule has 0 aliphatic rings. The first-order valence-corrected chi connectivity index (χ1v) is 6.32. The molecule has 0 amide bonds. The molecule has 0 saturated carbocycles. The molecule has 0 saturated heterocycles. The van der Waals surface area contributed by atoms with E-state index < -0.39 is 11.6 Å². The normalized spacial score (nSPS) is 13.2. The van der Waals surface area contributed by atoms with Gasteiger partial charge in [-0.15, -0.1) is 0 Å². The number of nitrogens with two attached hydrogens (primary N) is 1. The Morgan fingerprint density at radius 2 is 2.12 bits per heavy atom. The first kappa shape index (κ1) is 12.3. The number of benzene rings is 1. The third-order valence-electron chi connectivity index (χ3n) is 2.46. The second-order valence-electron chi connectivity index (χ2n) is 3.80. The van der Waals surface area contributed by atoms with Crippen LogP contribution in [-0.2, 0) is 0 Å². The van der Waals surface area contributed by atoms with Crippen molar-refractivity contribution in [2.45, 2.75) is 24.5 Å².